The molecule has 0 bridgehead atoms. The highest BCUT2D eigenvalue weighted by molar-refractivity contribution is 7.55. The lowest BCUT2D eigenvalue weighted by molar-refractivity contribution is -0.146. The van der Waals surface area contributed by atoms with E-state index in [9.17, 15) is 9.36 Å². The fourth-order valence-corrected chi connectivity index (χ4v) is 2.64. The first-order valence-electron chi connectivity index (χ1n) is 5.46. The smallest absolute Gasteiger partial charge is 0.344 e. The number of carbonyl (C=O) groups is 1. The van der Waals surface area contributed by atoms with Gasteiger partial charge in [-0.1, -0.05) is 0 Å². The van der Waals surface area contributed by atoms with Crippen LogP contribution in [0.3, 0.4) is 0 Å². The SMILES string of the molecule is CCOP(=O)(OCC)[C@H](C)C(=O)OC(C)C. The molecule has 0 rings (SSSR count). The van der Waals surface area contributed by atoms with E-state index in [4.69, 9.17) is 13.8 Å². The van der Waals surface area contributed by atoms with E-state index in [0.717, 1.165) is 0 Å². The Bertz CT molecular complexity index is 254. The standard InChI is InChI=1S/C10H21O5P/c1-6-13-16(12,14-7-2)9(5)10(11)15-8(3)4/h8-9H,6-7H2,1-5H3/t9-/m1/s1. The highest BCUT2D eigenvalue weighted by atomic mass is 31.2. The molecule has 0 radical (unpaired) electrons. The Labute approximate surface area is 97.0 Å². The summed E-state index contributed by atoms with van der Waals surface area (Å²) in [5.74, 6) is -0.555. The summed E-state index contributed by atoms with van der Waals surface area (Å²) in [7, 11) is -3.40. The molecule has 96 valence electrons. The van der Waals surface area contributed by atoms with Crippen molar-refractivity contribution in [3.05, 3.63) is 0 Å². The van der Waals surface area contributed by atoms with Crippen molar-refractivity contribution in [1.29, 1.82) is 0 Å². The predicted octanol–water partition coefficient (Wildman–Crippen LogP) is 2.59. The number of hydrogen-bond acceptors (Lipinski definition) is 5. The van der Waals surface area contributed by atoms with Gasteiger partial charge in [-0.15, -0.1) is 0 Å². The van der Waals surface area contributed by atoms with Crippen LogP contribution in [0.15, 0.2) is 0 Å². The van der Waals surface area contributed by atoms with Gasteiger partial charge in [0, 0.05) is 0 Å². The van der Waals surface area contributed by atoms with Gasteiger partial charge in [0.15, 0.2) is 5.66 Å². The van der Waals surface area contributed by atoms with E-state index in [1.54, 1.807) is 27.7 Å². The Balaban J connectivity index is 4.66. The lowest BCUT2D eigenvalue weighted by atomic mass is 10.4. The molecule has 6 heteroatoms. The summed E-state index contributed by atoms with van der Waals surface area (Å²) in [6.45, 7) is 8.83. The Morgan fingerprint density at radius 3 is 1.88 bits per heavy atom. The Morgan fingerprint density at radius 2 is 1.56 bits per heavy atom. The normalized spacial score (nSPS) is 13.9. The van der Waals surface area contributed by atoms with Crippen molar-refractivity contribution in [1.82, 2.24) is 0 Å². The van der Waals surface area contributed by atoms with Crippen LogP contribution in [-0.2, 0) is 23.1 Å². The van der Waals surface area contributed by atoms with Crippen LogP contribution in [0.4, 0.5) is 0 Å². The quantitative estimate of drug-likeness (QED) is 0.514. The average molecular weight is 252 g/mol. The predicted molar refractivity (Wildman–Crippen MR) is 61.5 cm³/mol. The van der Waals surface area contributed by atoms with Crippen LogP contribution in [0.2, 0.25) is 0 Å². The van der Waals surface area contributed by atoms with Crippen molar-refractivity contribution >= 4 is 13.6 Å². The van der Waals surface area contributed by atoms with Gasteiger partial charge in [0.05, 0.1) is 19.3 Å². The lowest BCUT2D eigenvalue weighted by Crippen LogP contribution is -2.25. The Kier molecular flexibility index (Phi) is 6.88. The molecule has 0 aliphatic rings. The zero-order chi connectivity index (χ0) is 12.8. The first-order valence-corrected chi connectivity index (χ1v) is 7.07. The minimum absolute atomic E-state index is 0.233. The fraction of sp³-hybridized carbons (Fsp3) is 0.900. The summed E-state index contributed by atoms with van der Waals surface area (Å²) < 4.78 is 27.3. The summed E-state index contributed by atoms with van der Waals surface area (Å²) in [6, 6.07) is 0. The molecule has 0 aromatic rings. The van der Waals surface area contributed by atoms with E-state index < -0.39 is 19.2 Å². The van der Waals surface area contributed by atoms with Crippen molar-refractivity contribution in [2.75, 3.05) is 13.2 Å². The maximum absolute atomic E-state index is 12.2. The second-order valence-electron chi connectivity index (χ2n) is 3.54. The van der Waals surface area contributed by atoms with Crippen LogP contribution in [0, 0.1) is 0 Å². The average Bonchev–Trinajstić information content (AvgIpc) is 2.16. The molecule has 0 amide bonds. The molecule has 0 aliphatic heterocycles. The van der Waals surface area contributed by atoms with E-state index >= 15 is 0 Å². The van der Waals surface area contributed by atoms with Crippen molar-refractivity contribution in [2.24, 2.45) is 0 Å². The second-order valence-corrected chi connectivity index (χ2v) is 5.91. The summed E-state index contributed by atoms with van der Waals surface area (Å²) in [6.07, 6.45) is -0.244. The van der Waals surface area contributed by atoms with Gasteiger partial charge in [0.25, 0.3) is 0 Å². The number of ether oxygens (including phenoxy) is 1. The number of carbonyl (C=O) groups excluding carboxylic acids is 1. The van der Waals surface area contributed by atoms with Crippen LogP contribution in [0.25, 0.3) is 0 Å². The molecule has 0 N–H and O–H groups in total. The van der Waals surface area contributed by atoms with Crippen LogP contribution >= 0.6 is 7.60 Å². The van der Waals surface area contributed by atoms with E-state index in [-0.39, 0.29) is 19.3 Å². The lowest BCUT2D eigenvalue weighted by Gasteiger charge is -2.22. The molecular formula is C10H21O5P. The molecule has 16 heavy (non-hydrogen) atoms. The molecule has 0 aromatic heterocycles. The first-order chi connectivity index (χ1) is 7.37. The third kappa shape index (κ3) is 4.64. The van der Waals surface area contributed by atoms with Crippen LogP contribution in [-0.4, -0.2) is 30.9 Å². The summed E-state index contributed by atoms with van der Waals surface area (Å²) >= 11 is 0. The van der Waals surface area contributed by atoms with E-state index in [2.05, 4.69) is 0 Å². The first kappa shape index (κ1) is 15.6. The Hall–Kier alpha value is -0.380. The van der Waals surface area contributed by atoms with E-state index in [0.29, 0.717) is 0 Å². The fourth-order valence-electron chi connectivity index (χ4n) is 1.08. The molecule has 0 unspecified atom stereocenters. The van der Waals surface area contributed by atoms with E-state index in [1.165, 1.54) is 6.92 Å². The van der Waals surface area contributed by atoms with Gasteiger partial charge < -0.3 is 13.8 Å². The van der Waals surface area contributed by atoms with Gasteiger partial charge in [-0.2, -0.15) is 0 Å². The van der Waals surface area contributed by atoms with Crippen molar-refractivity contribution in [3.8, 4) is 0 Å². The highest BCUT2D eigenvalue weighted by Crippen LogP contribution is 2.53. The van der Waals surface area contributed by atoms with E-state index in [1.807, 2.05) is 0 Å². The van der Waals surface area contributed by atoms with Gasteiger partial charge in [0.2, 0.25) is 0 Å². The molecule has 0 fully saturated rings. The zero-order valence-electron chi connectivity index (χ0n) is 10.6. The highest BCUT2D eigenvalue weighted by Gasteiger charge is 2.38. The third-order valence-electron chi connectivity index (χ3n) is 1.79. The van der Waals surface area contributed by atoms with Crippen LogP contribution in [0.1, 0.15) is 34.6 Å². The maximum atomic E-state index is 12.2. The second kappa shape index (κ2) is 7.05. The van der Waals surface area contributed by atoms with Crippen molar-refractivity contribution in [3.63, 3.8) is 0 Å². The van der Waals surface area contributed by atoms with Gasteiger partial charge in [0.1, 0.15) is 0 Å². The molecule has 1 atom stereocenters. The maximum Gasteiger partial charge on any atom is 0.344 e. The summed E-state index contributed by atoms with van der Waals surface area (Å²) in [4.78, 5) is 11.6. The summed E-state index contributed by atoms with van der Waals surface area (Å²) in [5, 5.41) is 0. The molecule has 0 saturated heterocycles. The molecule has 0 aromatic carbocycles. The third-order valence-corrected chi connectivity index (χ3v) is 4.18. The monoisotopic (exact) mass is 252 g/mol. The van der Waals surface area contributed by atoms with Crippen LogP contribution in [0.5, 0.6) is 0 Å². The van der Waals surface area contributed by atoms with Gasteiger partial charge in [-0.25, -0.2) is 0 Å². The zero-order valence-corrected chi connectivity index (χ0v) is 11.5. The van der Waals surface area contributed by atoms with Crippen LogP contribution < -0.4 is 0 Å². The van der Waals surface area contributed by atoms with Gasteiger partial charge >= 0.3 is 13.6 Å². The minimum atomic E-state index is -3.40. The topological polar surface area (TPSA) is 61.8 Å². The largest absolute Gasteiger partial charge is 0.462 e. The minimum Gasteiger partial charge on any atom is -0.462 e. The van der Waals surface area contributed by atoms with Gasteiger partial charge in [-0.3, -0.25) is 9.36 Å². The van der Waals surface area contributed by atoms with Crippen molar-refractivity contribution in [2.45, 2.75) is 46.4 Å². The Morgan fingerprint density at radius 1 is 1.12 bits per heavy atom. The number of esters is 1. The molecular weight excluding hydrogens is 231 g/mol. The molecule has 0 saturated carbocycles. The molecule has 0 aliphatic carbocycles. The van der Waals surface area contributed by atoms with Gasteiger partial charge in [-0.05, 0) is 34.6 Å². The van der Waals surface area contributed by atoms with Crippen molar-refractivity contribution < 1.29 is 23.1 Å². The molecule has 5 nitrogen and oxygen atoms in total. The molecule has 0 spiro atoms. The summed E-state index contributed by atoms with van der Waals surface area (Å²) in [5.41, 5.74) is -0.894. The number of hydrogen-bond donors (Lipinski definition) is 0. The number of rotatable bonds is 7. The molecule has 0 heterocycles.